The van der Waals surface area contributed by atoms with E-state index >= 15 is 0 Å². The number of aromatic nitrogens is 5. The van der Waals surface area contributed by atoms with Crippen LogP contribution in [0, 0.1) is 0 Å². The highest BCUT2D eigenvalue weighted by Crippen LogP contribution is 2.17. The molecular weight excluding hydrogens is 244 g/mol. The van der Waals surface area contributed by atoms with Gasteiger partial charge in [-0.25, -0.2) is 9.97 Å². The van der Waals surface area contributed by atoms with Crippen molar-refractivity contribution in [1.29, 1.82) is 0 Å². The molecule has 0 radical (unpaired) electrons. The van der Waals surface area contributed by atoms with Crippen molar-refractivity contribution < 1.29 is 4.79 Å². The van der Waals surface area contributed by atoms with Crippen molar-refractivity contribution >= 4 is 23.7 Å². The van der Waals surface area contributed by atoms with Crippen molar-refractivity contribution in [1.82, 2.24) is 24.7 Å². The van der Waals surface area contributed by atoms with E-state index < -0.39 is 0 Å². The van der Waals surface area contributed by atoms with Gasteiger partial charge in [0.25, 0.3) is 0 Å². The molecule has 2 aromatic rings. The summed E-state index contributed by atoms with van der Waals surface area (Å²) in [5.74, 6) is 1.10. The normalized spacial score (nSPS) is 10.2. The zero-order valence-corrected chi connectivity index (χ0v) is 9.72. The van der Waals surface area contributed by atoms with Gasteiger partial charge in [-0.15, -0.1) is 10.2 Å². The van der Waals surface area contributed by atoms with Crippen LogP contribution in [-0.2, 0) is 13.6 Å². The first-order valence-corrected chi connectivity index (χ1v) is 5.12. The minimum absolute atomic E-state index is 0.121. The molecule has 0 atom stereocenters. The summed E-state index contributed by atoms with van der Waals surface area (Å²) in [5, 5.41) is 10.7. The third-order valence-electron chi connectivity index (χ3n) is 2.17. The summed E-state index contributed by atoms with van der Waals surface area (Å²) in [5.41, 5.74) is 0.233. The Morgan fingerprint density at radius 1 is 1.53 bits per heavy atom. The summed E-state index contributed by atoms with van der Waals surface area (Å²) in [6.07, 6.45) is 3.49. The van der Waals surface area contributed by atoms with E-state index in [1.807, 2.05) is 7.05 Å². The second kappa shape index (κ2) is 4.88. The quantitative estimate of drug-likeness (QED) is 0.636. The molecule has 1 N–H and O–H groups in total. The standard InChI is InChI=1S/C9H9ClN6O/c1-16-5-14-15-7(16)2-11-9-6(3-17)8(10)12-4-13-9/h3-5H,2H2,1H3,(H,11,12,13). The van der Waals surface area contributed by atoms with Crippen LogP contribution in [0.4, 0.5) is 5.82 Å². The maximum Gasteiger partial charge on any atom is 0.156 e. The fourth-order valence-electron chi connectivity index (χ4n) is 1.25. The van der Waals surface area contributed by atoms with E-state index in [4.69, 9.17) is 11.6 Å². The summed E-state index contributed by atoms with van der Waals surface area (Å²) in [4.78, 5) is 18.5. The van der Waals surface area contributed by atoms with Crippen molar-refractivity contribution in [3.8, 4) is 0 Å². The van der Waals surface area contributed by atoms with Crippen LogP contribution in [-0.4, -0.2) is 31.0 Å². The lowest BCUT2D eigenvalue weighted by atomic mass is 10.3. The molecule has 2 aromatic heterocycles. The third kappa shape index (κ3) is 2.39. The van der Waals surface area contributed by atoms with Gasteiger partial charge in [0.05, 0.1) is 12.1 Å². The van der Waals surface area contributed by atoms with Crippen LogP contribution in [0.3, 0.4) is 0 Å². The SMILES string of the molecule is Cn1cnnc1CNc1ncnc(Cl)c1C=O. The molecule has 0 aromatic carbocycles. The summed E-state index contributed by atoms with van der Waals surface area (Å²) in [6.45, 7) is 0.394. The molecule has 8 heteroatoms. The van der Waals surface area contributed by atoms with Crippen LogP contribution < -0.4 is 5.32 Å². The summed E-state index contributed by atoms with van der Waals surface area (Å²) >= 11 is 5.77. The number of anilines is 1. The van der Waals surface area contributed by atoms with E-state index in [1.54, 1.807) is 10.9 Å². The van der Waals surface area contributed by atoms with Crippen molar-refractivity contribution in [2.45, 2.75) is 6.54 Å². The van der Waals surface area contributed by atoms with Gasteiger partial charge in [-0.05, 0) is 0 Å². The molecule has 0 saturated carbocycles. The number of carbonyl (C=O) groups excluding carboxylic acids is 1. The first kappa shape index (κ1) is 11.5. The van der Waals surface area contributed by atoms with Gasteiger partial charge in [-0.2, -0.15) is 0 Å². The topological polar surface area (TPSA) is 85.6 Å². The Kier molecular flexibility index (Phi) is 3.29. The van der Waals surface area contributed by atoms with Gasteiger partial charge < -0.3 is 9.88 Å². The summed E-state index contributed by atoms with van der Waals surface area (Å²) in [7, 11) is 1.82. The van der Waals surface area contributed by atoms with Crippen LogP contribution in [0.15, 0.2) is 12.7 Å². The molecule has 2 rings (SSSR count). The second-order valence-electron chi connectivity index (χ2n) is 3.26. The Bertz CT molecular complexity index is 540. The number of nitrogens with zero attached hydrogens (tertiary/aromatic N) is 5. The number of hydrogen-bond acceptors (Lipinski definition) is 6. The Morgan fingerprint density at radius 3 is 3.00 bits per heavy atom. The molecule has 2 heterocycles. The monoisotopic (exact) mass is 252 g/mol. The van der Waals surface area contributed by atoms with Gasteiger partial charge in [0.2, 0.25) is 0 Å². The number of hydrogen-bond donors (Lipinski definition) is 1. The lowest BCUT2D eigenvalue weighted by Gasteiger charge is -2.07. The maximum absolute atomic E-state index is 10.8. The summed E-state index contributed by atoms with van der Waals surface area (Å²) < 4.78 is 1.76. The van der Waals surface area contributed by atoms with Gasteiger partial charge >= 0.3 is 0 Å². The third-order valence-corrected chi connectivity index (χ3v) is 2.47. The molecule has 0 aliphatic rings. The van der Waals surface area contributed by atoms with Crippen LogP contribution in [0.2, 0.25) is 5.15 Å². The number of rotatable bonds is 4. The highest BCUT2D eigenvalue weighted by Gasteiger charge is 2.09. The molecule has 0 fully saturated rings. The number of nitrogens with one attached hydrogen (secondary N) is 1. The number of aldehydes is 1. The van der Waals surface area contributed by atoms with E-state index in [2.05, 4.69) is 25.5 Å². The van der Waals surface area contributed by atoms with E-state index in [1.165, 1.54) is 6.33 Å². The molecular formula is C9H9ClN6O. The maximum atomic E-state index is 10.8. The van der Waals surface area contributed by atoms with Crippen molar-refractivity contribution in [3.63, 3.8) is 0 Å². The average molecular weight is 253 g/mol. The van der Waals surface area contributed by atoms with Gasteiger partial charge in [0.15, 0.2) is 12.1 Å². The number of halogens is 1. The van der Waals surface area contributed by atoms with Crippen molar-refractivity contribution in [2.24, 2.45) is 7.05 Å². The molecule has 0 spiro atoms. The second-order valence-corrected chi connectivity index (χ2v) is 3.61. The minimum atomic E-state index is 0.121. The van der Waals surface area contributed by atoms with Crippen LogP contribution in [0.25, 0.3) is 0 Å². The smallest absolute Gasteiger partial charge is 0.156 e. The molecule has 7 nitrogen and oxygen atoms in total. The predicted molar refractivity (Wildman–Crippen MR) is 60.8 cm³/mol. The Hall–Kier alpha value is -2.02. The molecule has 0 unspecified atom stereocenters. The summed E-state index contributed by atoms with van der Waals surface area (Å²) in [6, 6.07) is 0. The largest absolute Gasteiger partial charge is 0.362 e. The van der Waals surface area contributed by atoms with Gasteiger partial charge in [0, 0.05) is 7.05 Å². The van der Waals surface area contributed by atoms with Crippen LogP contribution in [0.1, 0.15) is 16.2 Å². The molecule has 0 amide bonds. The zero-order valence-electron chi connectivity index (χ0n) is 8.96. The predicted octanol–water partition coefficient (Wildman–Crippen LogP) is 0.683. The highest BCUT2D eigenvalue weighted by atomic mass is 35.5. The lowest BCUT2D eigenvalue weighted by molar-refractivity contribution is 0.112. The fraction of sp³-hybridized carbons (Fsp3) is 0.222. The van der Waals surface area contributed by atoms with E-state index in [0.29, 0.717) is 18.6 Å². The molecule has 0 saturated heterocycles. The first-order valence-electron chi connectivity index (χ1n) is 4.74. The van der Waals surface area contributed by atoms with Crippen molar-refractivity contribution in [2.75, 3.05) is 5.32 Å². The lowest BCUT2D eigenvalue weighted by Crippen LogP contribution is -2.09. The van der Waals surface area contributed by atoms with Gasteiger partial charge in [-0.1, -0.05) is 11.6 Å². The zero-order chi connectivity index (χ0) is 12.3. The van der Waals surface area contributed by atoms with Crippen LogP contribution >= 0.6 is 11.6 Å². The Balaban J connectivity index is 2.17. The van der Waals surface area contributed by atoms with Gasteiger partial charge in [0.1, 0.15) is 23.6 Å². The Morgan fingerprint density at radius 2 is 2.35 bits per heavy atom. The fourth-order valence-corrected chi connectivity index (χ4v) is 1.43. The number of carbonyl (C=O) groups is 1. The van der Waals surface area contributed by atoms with Gasteiger partial charge in [-0.3, -0.25) is 4.79 Å². The first-order chi connectivity index (χ1) is 8.22. The number of aryl methyl sites for hydroxylation is 1. The van der Waals surface area contributed by atoms with E-state index in [9.17, 15) is 4.79 Å². The molecule has 0 aliphatic heterocycles. The van der Waals surface area contributed by atoms with Crippen LogP contribution in [0.5, 0.6) is 0 Å². The average Bonchev–Trinajstić information content (AvgIpc) is 2.72. The highest BCUT2D eigenvalue weighted by molar-refractivity contribution is 6.32. The Labute approximate surface area is 102 Å². The molecule has 88 valence electrons. The van der Waals surface area contributed by atoms with E-state index in [0.717, 1.165) is 5.82 Å². The molecule has 0 aliphatic carbocycles. The van der Waals surface area contributed by atoms with Crippen molar-refractivity contribution in [3.05, 3.63) is 29.2 Å². The molecule has 17 heavy (non-hydrogen) atoms. The molecule has 0 bridgehead atoms. The van der Waals surface area contributed by atoms with E-state index in [-0.39, 0.29) is 10.7 Å². The minimum Gasteiger partial charge on any atom is -0.362 e.